The minimum atomic E-state index is -0.484. The van der Waals surface area contributed by atoms with E-state index in [9.17, 15) is 9.50 Å². The Hall–Kier alpha value is -0.450. The zero-order chi connectivity index (χ0) is 14.9. The molecule has 1 aromatic rings. The van der Waals surface area contributed by atoms with Crippen LogP contribution in [0.15, 0.2) is 22.7 Å². The van der Waals surface area contributed by atoms with Gasteiger partial charge in [-0.1, -0.05) is 28.8 Å². The van der Waals surface area contributed by atoms with Gasteiger partial charge in [-0.15, -0.1) is 0 Å². The summed E-state index contributed by atoms with van der Waals surface area (Å²) in [6.45, 7) is 2.16. The SMILES string of the molecule is OC(Cc1cc(Br)ccc1F)C1(N2CCCC2)CCCC1. The molecule has 4 heteroatoms. The van der Waals surface area contributed by atoms with E-state index in [-0.39, 0.29) is 11.4 Å². The van der Waals surface area contributed by atoms with Crippen LogP contribution in [-0.4, -0.2) is 34.7 Å². The summed E-state index contributed by atoms with van der Waals surface area (Å²) >= 11 is 3.39. The lowest BCUT2D eigenvalue weighted by Gasteiger charge is -2.42. The zero-order valence-electron chi connectivity index (χ0n) is 12.3. The Morgan fingerprint density at radius 3 is 2.52 bits per heavy atom. The first kappa shape index (κ1) is 15.4. The number of nitrogens with zero attached hydrogens (tertiary/aromatic N) is 1. The van der Waals surface area contributed by atoms with E-state index in [1.165, 1.54) is 31.7 Å². The lowest BCUT2D eigenvalue weighted by atomic mass is 9.84. The summed E-state index contributed by atoms with van der Waals surface area (Å²) in [5.74, 6) is -0.216. The molecule has 1 N–H and O–H groups in total. The molecule has 1 aromatic carbocycles. The number of halogens is 2. The highest BCUT2D eigenvalue weighted by Crippen LogP contribution is 2.41. The van der Waals surface area contributed by atoms with E-state index >= 15 is 0 Å². The first-order chi connectivity index (χ1) is 10.1. The minimum absolute atomic E-state index is 0.120. The van der Waals surface area contributed by atoms with Gasteiger partial charge < -0.3 is 5.11 Å². The Morgan fingerprint density at radius 1 is 1.19 bits per heavy atom. The highest BCUT2D eigenvalue weighted by Gasteiger charge is 2.46. The molecule has 1 aliphatic heterocycles. The summed E-state index contributed by atoms with van der Waals surface area (Å²) in [5, 5.41) is 10.9. The van der Waals surface area contributed by atoms with Gasteiger partial charge in [-0.2, -0.15) is 0 Å². The van der Waals surface area contributed by atoms with E-state index in [4.69, 9.17) is 0 Å². The van der Waals surface area contributed by atoms with Crippen molar-refractivity contribution in [2.45, 2.75) is 56.6 Å². The van der Waals surface area contributed by atoms with Crippen LogP contribution in [0, 0.1) is 5.82 Å². The summed E-state index contributed by atoms with van der Waals surface area (Å²) in [6.07, 6.45) is 6.81. The van der Waals surface area contributed by atoms with Crippen LogP contribution in [0.2, 0.25) is 0 Å². The lowest BCUT2D eigenvalue weighted by Crippen LogP contribution is -2.54. The zero-order valence-corrected chi connectivity index (χ0v) is 13.9. The van der Waals surface area contributed by atoms with Crippen LogP contribution in [0.25, 0.3) is 0 Å². The highest BCUT2D eigenvalue weighted by atomic mass is 79.9. The minimum Gasteiger partial charge on any atom is -0.391 e. The van der Waals surface area contributed by atoms with E-state index < -0.39 is 6.10 Å². The van der Waals surface area contributed by atoms with Crippen molar-refractivity contribution in [1.29, 1.82) is 0 Å². The van der Waals surface area contributed by atoms with Crippen LogP contribution in [-0.2, 0) is 6.42 Å². The molecule has 1 saturated heterocycles. The van der Waals surface area contributed by atoms with E-state index in [0.29, 0.717) is 12.0 Å². The normalized spacial score (nSPS) is 23.6. The summed E-state index contributed by atoms with van der Waals surface area (Å²) < 4.78 is 14.8. The molecule has 1 aliphatic carbocycles. The Balaban J connectivity index is 1.81. The molecule has 3 rings (SSSR count). The average molecular weight is 356 g/mol. The molecule has 21 heavy (non-hydrogen) atoms. The third-order valence-corrected chi connectivity index (χ3v) is 5.74. The maximum absolute atomic E-state index is 14.0. The Bertz CT molecular complexity index is 496. The first-order valence-electron chi connectivity index (χ1n) is 7.99. The number of benzene rings is 1. The molecule has 2 nitrogen and oxygen atoms in total. The Labute approximate surface area is 134 Å². The van der Waals surface area contributed by atoms with E-state index in [1.807, 2.05) is 0 Å². The van der Waals surface area contributed by atoms with Gasteiger partial charge in [-0.25, -0.2) is 4.39 Å². The number of hydrogen-bond donors (Lipinski definition) is 1. The standard InChI is InChI=1S/C17H23BrFNO/c18-14-5-6-15(19)13(11-14)12-16(21)17(7-1-2-8-17)20-9-3-4-10-20/h5-6,11,16,21H,1-4,7-10,12H2. The van der Waals surface area contributed by atoms with Crippen molar-refractivity contribution in [3.63, 3.8) is 0 Å². The van der Waals surface area contributed by atoms with Crippen molar-refractivity contribution < 1.29 is 9.50 Å². The monoisotopic (exact) mass is 355 g/mol. The molecule has 1 heterocycles. The van der Waals surface area contributed by atoms with Gasteiger partial charge in [-0.05, 0) is 62.5 Å². The second kappa shape index (κ2) is 6.35. The van der Waals surface area contributed by atoms with Crippen molar-refractivity contribution in [3.8, 4) is 0 Å². The summed E-state index contributed by atoms with van der Waals surface area (Å²) in [7, 11) is 0. The topological polar surface area (TPSA) is 23.5 Å². The van der Waals surface area contributed by atoms with Crippen molar-refractivity contribution in [2.75, 3.05) is 13.1 Å². The van der Waals surface area contributed by atoms with Crippen molar-refractivity contribution >= 4 is 15.9 Å². The molecule has 0 amide bonds. The third kappa shape index (κ3) is 3.03. The molecule has 0 spiro atoms. The van der Waals surface area contributed by atoms with Crippen LogP contribution < -0.4 is 0 Å². The molecule has 1 unspecified atom stereocenters. The fourth-order valence-electron chi connectivity index (χ4n) is 4.11. The van der Waals surface area contributed by atoms with Gasteiger partial charge in [0.05, 0.1) is 6.10 Å². The highest BCUT2D eigenvalue weighted by molar-refractivity contribution is 9.10. The van der Waals surface area contributed by atoms with Crippen LogP contribution in [0.1, 0.15) is 44.1 Å². The third-order valence-electron chi connectivity index (χ3n) is 5.25. The molecule has 0 radical (unpaired) electrons. The van der Waals surface area contributed by atoms with Crippen LogP contribution in [0.3, 0.4) is 0 Å². The maximum Gasteiger partial charge on any atom is 0.126 e. The molecule has 0 aromatic heterocycles. The predicted molar refractivity (Wildman–Crippen MR) is 85.8 cm³/mol. The molecule has 2 aliphatic rings. The van der Waals surface area contributed by atoms with Crippen LogP contribution >= 0.6 is 15.9 Å². The van der Waals surface area contributed by atoms with Crippen LogP contribution in [0.4, 0.5) is 4.39 Å². The summed E-state index contributed by atoms with van der Waals surface area (Å²) in [5.41, 5.74) is 0.494. The van der Waals surface area contributed by atoms with E-state index in [0.717, 1.165) is 30.4 Å². The van der Waals surface area contributed by atoms with Gasteiger partial charge in [0.1, 0.15) is 5.82 Å². The predicted octanol–water partition coefficient (Wildman–Crippen LogP) is 3.90. The Kier molecular flexibility index (Phi) is 4.67. The number of aliphatic hydroxyl groups is 1. The first-order valence-corrected chi connectivity index (χ1v) is 8.78. The second-order valence-electron chi connectivity index (χ2n) is 6.46. The molecule has 1 atom stereocenters. The second-order valence-corrected chi connectivity index (χ2v) is 7.38. The molecule has 2 fully saturated rings. The van der Waals surface area contributed by atoms with Gasteiger partial charge in [0, 0.05) is 16.4 Å². The fraction of sp³-hybridized carbons (Fsp3) is 0.647. The summed E-state index contributed by atoms with van der Waals surface area (Å²) in [6, 6.07) is 4.98. The van der Waals surface area contributed by atoms with Gasteiger partial charge in [0.15, 0.2) is 0 Å². The smallest absolute Gasteiger partial charge is 0.126 e. The van der Waals surface area contributed by atoms with Gasteiger partial charge in [0.25, 0.3) is 0 Å². The molecule has 1 saturated carbocycles. The van der Waals surface area contributed by atoms with Crippen molar-refractivity contribution in [1.82, 2.24) is 4.90 Å². The molecular weight excluding hydrogens is 333 g/mol. The maximum atomic E-state index is 14.0. The number of hydrogen-bond acceptors (Lipinski definition) is 2. The average Bonchev–Trinajstić information content (AvgIpc) is 3.13. The van der Waals surface area contributed by atoms with E-state index in [1.54, 1.807) is 12.1 Å². The summed E-state index contributed by atoms with van der Waals surface area (Å²) in [4.78, 5) is 2.47. The van der Waals surface area contributed by atoms with Gasteiger partial charge in [-0.3, -0.25) is 4.90 Å². The van der Waals surface area contributed by atoms with E-state index in [2.05, 4.69) is 20.8 Å². The van der Waals surface area contributed by atoms with Crippen LogP contribution in [0.5, 0.6) is 0 Å². The van der Waals surface area contributed by atoms with Crippen molar-refractivity contribution in [2.24, 2.45) is 0 Å². The lowest BCUT2D eigenvalue weighted by molar-refractivity contribution is -0.0175. The molecular formula is C17H23BrFNO. The number of rotatable bonds is 4. The van der Waals surface area contributed by atoms with Crippen molar-refractivity contribution in [3.05, 3.63) is 34.1 Å². The fourth-order valence-corrected chi connectivity index (χ4v) is 4.52. The number of likely N-dealkylation sites (tertiary alicyclic amines) is 1. The van der Waals surface area contributed by atoms with Gasteiger partial charge >= 0.3 is 0 Å². The Morgan fingerprint density at radius 2 is 1.86 bits per heavy atom. The molecule has 116 valence electrons. The van der Waals surface area contributed by atoms with Gasteiger partial charge in [0.2, 0.25) is 0 Å². The number of aliphatic hydroxyl groups excluding tert-OH is 1. The largest absolute Gasteiger partial charge is 0.391 e. The molecule has 0 bridgehead atoms. The quantitative estimate of drug-likeness (QED) is 0.885.